The molecule has 0 atom stereocenters. The van der Waals surface area contributed by atoms with Crippen molar-refractivity contribution in [2.75, 3.05) is 11.1 Å². The van der Waals surface area contributed by atoms with E-state index in [9.17, 15) is 4.79 Å². The molecular formula is C8H6ClN5OS. The average Bonchev–Trinajstić information content (AvgIpc) is 2.70. The zero-order valence-electron chi connectivity index (χ0n) is 7.85. The number of nitrogens with two attached hydrogens (primary N) is 1. The molecule has 3 N–H and O–H groups in total. The number of carbonyl (C=O) groups is 1. The highest BCUT2D eigenvalue weighted by atomic mass is 35.5. The molecule has 2 aromatic rings. The van der Waals surface area contributed by atoms with Crippen LogP contribution in [0.25, 0.3) is 0 Å². The Balaban J connectivity index is 2.21. The Morgan fingerprint density at radius 2 is 2.31 bits per heavy atom. The van der Waals surface area contributed by atoms with E-state index in [4.69, 9.17) is 17.3 Å². The molecule has 0 aliphatic heterocycles. The number of halogens is 1. The van der Waals surface area contributed by atoms with E-state index < -0.39 is 0 Å². The number of aromatic nitrogens is 3. The molecule has 0 radical (unpaired) electrons. The minimum absolute atomic E-state index is 0.287. The lowest BCUT2D eigenvalue weighted by Crippen LogP contribution is -2.12. The van der Waals surface area contributed by atoms with E-state index in [1.54, 1.807) is 12.1 Å². The van der Waals surface area contributed by atoms with Gasteiger partial charge < -0.3 is 5.73 Å². The number of hydrogen-bond acceptors (Lipinski definition) is 6. The van der Waals surface area contributed by atoms with E-state index >= 15 is 0 Å². The molecule has 8 heteroatoms. The second-order valence-electron chi connectivity index (χ2n) is 2.86. The predicted molar refractivity (Wildman–Crippen MR) is 61.5 cm³/mol. The highest BCUT2D eigenvalue weighted by Crippen LogP contribution is 2.20. The zero-order chi connectivity index (χ0) is 11.5. The van der Waals surface area contributed by atoms with Crippen LogP contribution in [0.5, 0.6) is 0 Å². The molecule has 0 spiro atoms. The number of nitrogens with zero attached hydrogens (tertiary/aromatic N) is 3. The number of carbonyl (C=O) groups excluding carboxylic acids is 1. The summed E-state index contributed by atoms with van der Waals surface area (Å²) < 4.78 is 3.52. The molecule has 0 aliphatic rings. The fourth-order valence-electron chi connectivity index (χ4n) is 1.06. The molecular weight excluding hydrogens is 250 g/mol. The molecule has 0 unspecified atom stereocenters. The first-order valence-electron chi connectivity index (χ1n) is 4.18. The summed E-state index contributed by atoms with van der Waals surface area (Å²) in [5.41, 5.74) is 6.34. The van der Waals surface area contributed by atoms with E-state index in [0.29, 0.717) is 16.4 Å². The third-order valence-corrected chi connectivity index (χ3v) is 2.58. The van der Waals surface area contributed by atoms with Gasteiger partial charge in [0.1, 0.15) is 0 Å². The quantitative estimate of drug-likeness (QED) is 0.792. The van der Waals surface area contributed by atoms with Gasteiger partial charge in [0.2, 0.25) is 5.13 Å². The van der Waals surface area contributed by atoms with Gasteiger partial charge in [0.05, 0.1) is 10.6 Å². The molecule has 16 heavy (non-hydrogen) atoms. The van der Waals surface area contributed by atoms with Crippen LogP contribution in [0.3, 0.4) is 0 Å². The molecule has 0 fully saturated rings. The number of rotatable bonds is 2. The van der Waals surface area contributed by atoms with Crippen LogP contribution in [0, 0.1) is 0 Å². The third kappa shape index (κ3) is 2.26. The maximum Gasteiger partial charge on any atom is 0.259 e. The lowest BCUT2D eigenvalue weighted by atomic mass is 10.2. The molecule has 6 nitrogen and oxygen atoms in total. The van der Waals surface area contributed by atoms with Crippen LogP contribution in [0.1, 0.15) is 10.4 Å². The lowest BCUT2D eigenvalue weighted by molar-refractivity contribution is 0.102. The van der Waals surface area contributed by atoms with Crippen molar-refractivity contribution in [2.24, 2.45) is 0 Å². The second-order valence-corrected chi connectivity index (χ2v) is 4.00. The highest BCUT2D eigenvalue weighted by Gasteiger charge is 2.12. The number of nitrogens with one attached hydrogen (secondary N) is 1. The van der Waals surface area contributed by atoms with Gasteiger partial charge in [-0.15, -0.1) is 0 Å². The third-order valence-electron chi connectivity index (χ3n) is 1.76. The fraction of sp³-hybridized carbons (Fsp3) is 0. The molecule has 1 amide bonds. The topological polar surface area (TPSA) is 93.8 Å². The number of anilines is 2. The summed E-state index contributed by atoms with van der Waals surface area (Å²) in [6.45, 7) is 0. The Bertz CT molecular complexity index is 515. The van der Waals surface area contributed by atoms with Crippen molar-refractivity contribution in [1.82, 2.24) is 14.8 Å². The maximum absolute atomic E-state index is 11.7. The van der Waals surface area contributed by atoms with Gasteiger partial charge in [-0.2, -0.15) is 0 Å². The van der Waals surface area contributed by atoms with Crippen molar-refractivity contribution in [1.29, 1.82) is 0 Å². The Hall–Kier alpha value is -1.73. The minimum Gasteiger partial charge on any atom is -0.399 e. The summed E-state index contributed by atoms with van der Waals surface area (Å²) in [6.07, 6.45) is 0. The van der Waals surface area contributed by atoms with E-state index in [0.717, 1.165) is 11.5 Å². The normalized spacial score (nSPS) is 10.1. The van der Waals surface area contributed by atoms with Crippen molar-refractivity contribution in [3.63, 3.8) is 0 Å². The molecule has 1 aromatic heterocycles. The summed E-state index contributed by atoms with van der Waals surface area (Å²) in [4.78, 5) is 11.7. The van der Waals surface area contributed by atoms with Crippen LogP contribution in [0.15, 0.2) is 18.2 Å². The van der Waals surface area contributed by atoms with Crippen molar-refractivity contribution in [2.45, 2.75) is 0 Å². The van der Waals surface area contributed by atoms with Crippen LogP contribution in [0.4, 0.5) is 10.8 Å². The van der Waals surface area contributed by atoms with Crippen molar-refractivity contribution in [3.05, 3.63) is 28.8 Å². The van der Waals surface area contributed by atoms with E-state index in [-0.39, 0.29) is 10.9 Å². The first-order valence-corrected chi connectivity index (χ1v) is 5.33. The summed E-state index contributed by atoms with van der Waals surface area (Å²) in [5.74, 6) is -0.372. The molecule has 1 heterocycles. The van der Waals surface area contributed by atoms with Crippen LogP contribution in [0.2, 0.25) is 5.02 Å². The predicted octanol–water partition coefficient (Wildman–Crippen LogP) is 1.42. The molecule has 0 saturated carbocycles. The van der Waals surface area contributed by atoms with Gasteiger partial charge in [-0.3, -0.25) is 10.1 Å². The SMILES string of the molecule is Nc1ccc(C(=O)Nc2nnns2)c(Cl)c1. The van der Waals surface area contributed by atoms with E-state index in [2.05, 4.69) is 20.1 Å². The van der Waals surface area contributed by atoms with E-state index in [1.165, 1.54) is 6.07 Å². The number of benzene rings is 1. The smallest absolute Gasteiger partial charge is 0.259 e. The zero-order valence-corrected chi connectivity index (χ0v) is 9.42. The molecule has 1 aromatic carbocycles. The van der Waals surface area contributed by atoms with Crippen LogP contribution < -0.4 is 11.1 Å². The monoisotopic (exact) mass is 255 g/mol. The summed E-state index contributed by atoms with van der Waals surface area (Å²) >= 11 is 6.86. The van der Waals surface area contributed by atoms with Crippen LogP contribution in [-0.4, -0.2) is 20.7 Å². The summed E-state index contributed by atoms with van der Waals surface area (Å²) in [7, 11) is 0. The maximum atomic E-state index is 11.7. The van der Waals surface area contributed by atoms with Gasteiger partial charge in [-0.25, -0.2) is 0 Å². The molecule has 0 bridgehead atoms. The summed E-state index contributed by atoms with van der Waals surface area (Å²) in [6, 6.07) is 4.65. The Labute approximate surface area is 99.6 Å². The van der Waals surface area contributed by atoms with Gasteiger partial charge in [0, 0.05) is 17.2 Å². The number of hydrogen-bond donors (Lipinski definition) is 2. The highest BCUT2D eigenvalue weighted by molar-refractivity contribution is 7.09. The second kappa shape index (κ2) is 4.42. The van der Waals surface area contributed by atoms with Gasteiger partial charge in [0.15, 0.2) is 0 Å². The summed E-state index contributed by atoms with van der Waals surface area (Å²) in [5, 5.41) is 10.1. The van der Waals surface area contributed by atoms with Crippen LogP contribution >= 0.6 is 23.1 Å². The molecule has 82 valence electrons. The first-order chi connectivity index (χ1) is 7.66. The fourth-order valence-corrected chi connectivity index (χ4v) is 1.70. The average molecular weight is 256 g/mol. The van der Waals surface area contributed by atoms with Gasteiger partial charge in [0.25, 0.3) is 5.91 Å². The Morgan fingerprint density at radius 1 is 1.50 bits per heavy atom. The molecule has 2 rings (SSSR count). The number of amides is 1. The first kappa shape index (κ1) is 10.8. The molecule has 0 aliphatic carbocycles. The Kier molecular flexibility index (Phi) is 2.97. The van der Waals surface area contributed by atoms with Crippen molar-refractivity contribution in [3.8, 4) is 0 Å². The van der Waals surface area contributed by atoms with Crippen molar-refractivity contribution < 1.29 is 4.79 Å². The van der Waals surface area contributed by atoms with Gasteiger partial charge >= 0.3 is 0 Å². The van der Waals surface area contributed by atoms with E-state index in [1.807, 2.05) is 0 Å². The standard InChI is InChI=1S/C8H6ClN5OS/c9-6-3-4(10)1-2-5(6)7(15)11-8-12-13-14-16-8/h1-3H,10H2,(H,11,12,14,15). The largest absolute Gasteiger partial charge is 0.399 e. The lowest BCUT2D eigenvalue weighted by Gasteiger charge is -2.03. The molecule has 0 saturated heterocycles. The minimum atomic E-state index is -0.372. The van der Waals surface area contributed by atoms with Crippen LogP contribution in [-0.2, 0) is 0 Å². The van der Waals surface area contributed by atoms with Gasteiger partial charge in [-0.1, -0.05) is 21.2 Å². The Morgan fingerprint density at radius 3 is 2.94 bits per heavy atom. The van der Waals surface area contributed by atoms with Gasteiger partial charge in [-0.05, 0) is 23.4 Å². The van der Waals surface area contributed by atoms with Crippen molar-refractivity contribution >= 4 is 39.9 Å². The number of nitrogen functional groups attached to an aromatic ring is 1.